The number of hydrogen-bond donors (Lipinski definition) is 1. The second-order valence-corrected chi connectivity index (χ2v) is 6.19. The van der Waals surface area contributed by atoms with Crippen molar-refractivity contribution in [3.05, 3.63) is 22.4 Å². The second-order valence-electron chi connectivity index (χ2n) is 3.42. The van der Waals surface area contributed by atoms with Gasteiger partial charge in [-0.3, -0.25) is 0 Å². The van der Waals surface area contributed by atoms with Gasteiger partial charge in [0, 0.05) is 11.3 Å². The van der Waals surface area contributed by atoms with Gasteiger partial charge in [0.2, 0.25) is 10.0 Å². The Bertz CT molecular complexity index is 388. The van der Waals surface area contributed by atoms with Gasteiger partial charge < -0.3 is 9.47 Å². The number of ether oxygens (including phenoxy) is 2. The molecule has 0 aliphatic rings. The van der Waals surface area contributed by atoms with Crippen LogP contribution in [0.2, 0.25) is 0 Å². The van der Waals surface area contributed by atoms with Crippen LogP contribution >= 0.6 is 11.3 Å². The third-order valence-corrected chi connectivity index (χ3v) is 3.63. The fourth-order valence-electron chi connectivity index (χ4n) is 1.12. The molecule has 0 saturated heterocycles. The van der Waals surface area contributed by atoms with Crippen LogP contribution in [0, 0.1) is 0 Å². The van der Waals surface area contributed by atoms with Crippen LogP contribution < -0.4 is 5.14 Å². The van der Waals surface area contributed by atoms with Crippen LogP contribution in [0.3, 0.4) is 0 Å². The zero-order valence-electron chi connectivity index (χ0n) is 9.50. The summed E-state index contributed by atoms with van der Waals surface area (Å²) in [5, 5.41) is 6.85. The van der Waals surface area contributed by atoms with E-state index in [1.54, 1.807) is 11.3 Å². The van der Waals surface area contributed by atoms with Gasteiger partial charge in [0.15, 0.2) is 0 Å². The van der Waals surface area contributed by atoms with Crippen LogP contribution in [0.5, 0.6) is 0 Å². The smallest absolute Gasteiger partial charge is 0.211 e. The maximum atomic E-state index is 10.6. The van der Waals surface area contributed by atoms with E-state index in [0.29, 0.717) is 19.8 Å². The first-order valence-electron chi connectivity index (χ1n) is 5.26. The van der Waals surface area contributed by atoms with E-state index in [2.05, 4.69) is 6.07 Å². The molecule has 0 radical (unpaired) electrons. The summed E-state index contributed by atoms with van der Waals surface area (Å²) in [5.74, 6) is -0.151. The third-order valence-electron chi connectivity index (χ3n) is 1.96. The molecule has 17 heavy (non-hydrogen) atoms. The Kier molecular flexibility index (Phi) is 6.68. The molecule has 0 unspecified atom stereocenters. The molecule has 0 aromatic carbocycles. The van der Waals surface area contributed by atoms with E-state index >= 15 is 0 Å². The van der Waals surface area contributed by atoms with Crippen LogP contribution in [0.15, 0.2) is 17.5 Å². The van der Waals surface area contributed by atoms with Crippen molar-refractivity contribution in [3.8, 4) is 0 Å². The number of sulfonamides is 1. The van der Waals surface area contributed by atoms with Crippen LogP contribution in [0.4, 0.5) is 0 Å². The van der Waals surface area contributed by atoms with Crippen molar-refractivity contribution in [2.24, 2.45) is 5.14 Å². The van der Waals surface area contributed by atoms with Gasteiger partial charge in [0.25, 0.3) is 0 Å². The maximum Gasteiger partial charge on any atom is 0.211 e. The molecule has 0 amide bonds. The average Bonchev–Trinajstić information content (AvgIpc) is 2.73. The predicted molar refractivity (Wildman–Crippen MR) is 67.6 cm³/mol. The number of primary sulfonamides is 1. The van der Waals surface area contributed by atoms with Crippen molar-refractivity contribution < 1.29 is 17.9 Å². The van der Waals surface area contributed by atoms with E-state index in [-0.39, 0.29) is 12.4 Å². The summed E-state index contributed by atoms with van der Waals surface area (Å²) in [6.07, 6.45) is 0.898. The number of nitrogens with two attached hydrogens (primary N) is 1. The Morgan fingerprint density at radius 3 is 2.47 bits per heavy atom. The maximum absolute atomic E-state index is 10.6. The Hall–Kier alpha value is -0.470. The zero-order valence-corrected chi connectivity index (χ0v) is 11.1. The highest BCUT2D eigenvalue weighted by atomic mass is 32.2. The highest BCUT2D eigenvalue weighted by Gasteiger charge is 2.01. The lowest BCUT2D eigenvalue weighted by Crippen LogP contribution is -2.21. The molecule has 2 N–H and O–H groups in total. The Labute approximate surface area is 106 Å². The lowest BCUT2D eigenvalue weighted by atomic mass is 10.4. The summed E-state index contributed by atoms with van der Waals surface area (Å²) >= 11 is 1.71. The Morgan fingerprint density at radius 1 is 1.18 bits per heavy atom. The SMILES string of the molecule is NS(=O)(=O)CCOCCOCCc1cccs1. The van der Waals surface area contributed by atoms with Crippen molar-refractivity contribution in [1.29, 1.82) is 0 Å². The zero-order chi connectivity index (χ0) is 12.6. The molecule has 1 heterocycles. The van der Waals surface area contributed by atoms with Gasteiger partial charge in [-0.2, -0.15) is 0 Å². The van der Waals surface area contributed by atoms with E-state index in [0.717, 1.165) is 6.42 Å². The summed E-state index contributed by atoms with van der Waals surface area (Å²) in [6.45, 7) is 1.63. The molecule has 1 aromatic rings. The second kappa shape index (κ2) is 7.78. The molecule has 98 valence electrons. The Morgan fingerprint density at radius 2 is 1.88 bits per heavy atom. The number of hydrogen-bond acceptors (Lipinski definition) is 5. The molecule has 0 spiro atoms. The minimum Gasteiger partial charge on any atom is -0.379 e. The molecule has 5 nitrogen and oxygen atoms in total. The minimum absolute atomic E-state index is 0.118. The van der Waals surface area contributed by atoms with E-state index in [9.17, 15) is 8.42 Å². The Balaban J connectivity index is 1.88. The molecule has 0 aliphatic heterocycles. The lowest BCUT2D eigenvalue weighted by Gasteiger charge is -2.04. The molecular formula is C10H17NO4S2. The van der Waals surface area contributed by atoms with Gasteiger partial charge in [0.05, 0.1) is 32.2 Å². The van der Waals surface area contributed by atoms with Crippen LogP contribution in [-0.4, -0.2) is 40.6 Å². The third kappa shape index (κ3) is 8.28. The number of thiophene rings is 1. The fourth-order valence-corrected chi connectivity index (χ4v) is 2.17. The largest absolute Gasteiger partial charge is 0.379 e. The van der Waals surface area contributed by atoms with Gasteiger partial charge >= 0.3 is 0 Å². The highest BCUT2D eigenvalue weighted by Crippen LogP contribution is 2.08. The standard InChI is InChI=1S/C10H17NO4S2/c11-17(12,13)9-7-15-6-5-14-4-3-10-2-1-8-16-10/h1-2,8H,3-7,9H2,(H2,11,12,13). The topological polar surface area (TPSA) is 78.6 Å². The van der Waals surface area contributed by atoms with Crippen LogP contribution in [0.25, 0.3) is 0 Å². The van der Waals surface area contributed by atoms with Gasteiger partial charge in [-0.25, -0.2) is 13.6 Å². The lowest BCUT2D eigenvalue weighted by molar-refractivity contribution is 0.0549. The van der Waals surface area contributed by atoms with Crippen LogP contribution in [0.1, 0.15) is 4.88 Å². The van der Waals surface area contributed by atoms with Crippen molar-refractivity contribution in [2.75, 3.05) is 32.2 Å². The predicted octanol–water partition coefficient (Wildman–Crippen LogP) is 0.612. The minimum atomic E-state index is -3.42. The summed E-state index contributed by atoms with van der Waals surface area (Å²) in [4.78, 5) is 1.29. The molecule has 0 aliphatic carbocycles. The van der Waals surface area contributed by atoms with E-state index in [4.69, 9.17) is 14.6 Å². The van der Waals surface area contributed by atoms with Crippen molar-refractivity contribution in [3.63, 3.8) is 0 Å². The van der Waals surface area contributed by atoms with Crippen molar-refractivity contribution in [2.45, 2.75) is 6.42 Å². The summed E-state index contributed by atoms with van der Waals surface area (Å²) in [6, 6.07) is 4.08. The molecule has 0 bridgehead atoms. The molecular weight excluding hydrogens is 262 g/mol. The summed E-state index contributed by atoms with van der Waals surface area (Å²) in [5.41, 5.74) is 0. The molecule has 1 aromatic heterocycles. The molecule has 0 saturated carbocycles. The van der Waals surface area contributed by atoms with Crippen molar-refractivity contribution >= 4 is 21.4 Å². The fraction of sp³-hybridized carbons (Fsp3) is 0.600. The van der Waals surface area contributed by atoms with Gasteiger partial charge in [0.1, 0.15) is 0 Å². The van der Waals surface area contributed by atoms with Crippen LogP contribution in [-0.2, 0) is 25.9 Å². The van der Waals surface area contributed by atoms with E-state index in [1.165, 1.54) is 4.88 Å². The highest BCUT2D eigenvalue weighted by molar-refractivity contribution is 7.89. The normalized spacial score (nSPS) is 11.8. The van der Waals surface area contributed by atoms with E-state index < -0.39 is 10.0 Å². The van der Waals surface area contributed by atoms with Crippen molar-refractivity contribution in [1.82, 2.24) is 0 Å². The van der Waals surface area contributed by atoms with Gasteiger partial charge in [-0.15, -0.1) is 11.3 Å². The first kappa shape index (κ1) is 14.6. The van der Waals surface area contributed by atoms with E-state index in [1.807, 2.05) is 11.4 Å². The quantitative estimate of drug-likeness (QED) is 0.672. The van der Waals surface area contributed by atoms with Gasteiger partial charge in [-0.05, 0) is 11.4 Å². The monoisotopic (exact) mass is 279 g/mol. The average molecular weight is 279 g/mol. The molecule has 1 rings (SSSR count). The number of rotatable bonds is 9. The summed E-state index contributed by atoms with van der Waals surface area (Å²) < 4.78 is 31.5. The summed E-state index contributed by atoms with van der Waals surface area (Å²) in [7, 11) is -3.42. The molecule has 0 atom stereocenters. The first-order valence-corrected chi connectivity index (χ1v) is 7.86. The molecule has 0 fully saturated rings. The molecule has 7 heteroatoms. The first-order chi connectivity index (χ1) is 8.08. The van der Waals surface area contributed by atoms with Gasteiger partial charge in [-0.1, -0.05) is 6.07 Å².